The molecule has 5 nitrogen and oxygen atoms in total. The lowest BCUT2D eigenvalue weighted by atomic mass is 9.93. The van der Waals surface area contributed by atoms with Crippen molar-refractivity contribution in [3.63, 3.8) is 0 Å². The zero-order valence-corrected chi connectivity index (χ0v) is 10.6. The minimum atomic E-state index is -0.0705. The molecule has 2 unspecified atom stereocenters. The number of rotatable bonds is 7. The third-order valence-electron chi connectivity index (χ3n) is 3.03. The van der Waals surface area contributed by atoms with E-state index in [-0.39, 0.29) is 24.7 Å². The summed E-state index contributed by atoms with van der Waals surface area (Å²) in [6.07, 6.45) is 5.16. The van der Waals surface area contributed by atoms with Gasteiger partial charge in [0.15, 0.2) is 0 Å². The summed E-state index contributed by atoms with van der Waals surface area (Å²) in [5, 5.41) is 2.79. The molecule has 1 saturated carbocycles. The Morgan fingerprint density at radius 3 is 2.88 bits per heavy atom. The van der Waals surface area contributed by atoms with Crippen LogP contribution in [0.1, 0.15) is 32.1 Å². The third kappa shape index (κ3) is 6.00. The second-order valence-electron chi connectivity index (χ2n) is 4.49. The molecule has 5 heteroatoms. The van der Waals surface area contributed by atoms with E-state index in [4.69, 9.17) is 15.2 Å². The fraction of sp³-hybridized carbons (Fsp3) is 0.917. The fourth-order valence-corrected chi connectivity index (χ4v) is 2.01. The van der Waals surface area contributed by atoms with Crippen LogP contribution >= 0.6 is 0 Å². The molecule has 17 heavy (non-hydrogen) atoms. The van der Waals surface area contributed by atoms with Crippen LogP contribution in [0.4, 0.5) is 0 Å². The first-order valence-corrected chi connectivity index (χ1v) is 6.37. The molecule has 0 saturated heterocycles. The highest BCUT2D eigenvalue weighted by atomic mass is 16.5. The van der Waals surface area contributed by atoms with Gasteiger partial charge in [-0.2, -0.15) is 0 Å². The Morgan fingerprint density at radius 1 is 1.41 bits per heavy atom. The van der Waals surface area contributed by atoms with Gasteiger partial charge in [0, 0.05) is 26.3 Å². The van der Waals surface area contributed by atoms with Crippen LogP contribution < -0.4 is 11.1 Å². The summed E-state index contributed by atoms with van der Waals surface area (Å²) in [5.74, 6) is -0.0705. The molecule has 1 fully saturated rings. The summed E-state index contributed by atoms with van der Waals surface area (Å²) in [6, 6.07) is 0.0880. The van der Waals surface area contributed by atoms with Crippen molar-refractivity contribution in [1.82, 2.24) is 5.32 Å². The maximum absolute atomic E-state index is 11.4. The van der Waals surface area contributed by atoms with E-state index < -0.39 is 0 Å². The maximum Gasteiger partial charge on any atom is 0.246 e. The quantitative estimate of drug-likeness (QED) is 0.637. The van der Waals surface area contributed by atoms with Crippen LogP contribution in [0.2, 0.25) is 0 Å². The molecule has 100 valence electrons. The highest BCUT2D eigenvalue weighted by Crippen LogP contribution is 2.19. The van der Waals surface area contributed by atoms with Crippen LogP contribution in [0.5, 0.6) is 0 Å². The van der Waals surface area contributed by atoms with Crippen LogP contribution in [0.25, 0.3) is 0 Å². The van der Waals surface area contributed by atoms with Gasteiger partial charge in [0.1, 0.15) is 6.61 Å². The molecule has 0 spiro atoms. The standard InChI is InChI=1S/C12H24N2O3/c1-16-8-4-7-14-12(15)9-17-11-6-3-2-5-10(11)13/h10-11H,2-9,13H2,1H3,(H,14,15). The average Bonchev–Trinajstić information content (AvgIpc) is 2.34. The summed E-state index contributed by atoms with van der Waals surface area (Å²) >= 11 is 0. The Hall–Kier alpha value is -0.650. The Kier molecular flexibility index (Phi) is 7.16. The van der Waals surface area contributed by atoms with Crippen molar-refractivity contribution < 1.29 is 14.3 Å². The first-order chi connectivity index (χ1) is 8.24. The topological polar surface area (TPSA) is 73.6 Å². The normalized spacial score (nSPS) is 24.6. The number of nitrogens with one attached hydrogen (secondary N) is 1. The molecule has 0 aromatic carbocycles. The minimum absolute atomic E-state index is 0.0495. The van der Waals surface area contributed by atoms with Gasteiger partial charge < -0.3 is 20.5 Å². The van der Waals surface area contributed by atoms with Crippen molar-refractivity contribution in [3.8, 4) is 0 Å². The highest BCUT2D eigenvalue weighted by Gasteiger charge is 2.22. The van der Waals surface area contributed by atoms with Gasteiger partial charge in [0.2, 0.25) is 5.91 Å². The van der Waals surface area contributed by atoms with E-state index in [1.54, 1.807) is 7.11 Å². The van der Waals surface area contributed by atoms with Gasteiger partial charge in [-0.1, -0.05) is 12.8 Å². The molecule has 0 bridgehead atoms. The molecular weight excluding hydrogens is 220 g/mol. The molecule has 0 aromatic rings. The number of nitrogens with two attached hydrogens (primary N) is 1. The van der Waals surface area contributed by atoms with E-state index in [1.807, 2.05) is 0 Å². The van der Waals surface area contributed by atoms with Gasteiger partial charge >= 0.3 is 0 Å². The third-order valence-corrected chi connectivity index (χ3v) is 3.03. The number of hydrogen-bond donors (Lipinski definition) is 2. The summed E-state index contributed by atoms with van der Waals surface area (Å²) in [5.41, 5.74) is 5.93. The van der Waals surface area contributed by atoms with Crippen molar-refractivity contribution in [2.75, 3.05) is 26.9 Å². The molecule has 2 atom stereocenters. The summed E-state index contributed by atoms with van der Waals surface area (Å²) in [7, 11) is 1.65. The number of ether oxygens (including phenoxy) is 2. The van der Waals surface area contributed by atoms with Gasteiger partial charge in [-0.3, -0.25) is 4.79 Å². The first kappa shape index (κ1) is 14.4. The zero-order chi connectivity index (χ0) is 12.5. The Labute approximate surface area is 103 Å². The van der Waals surface area contributed by atoms with Crippen LogP contribution in [0.15, 0.2) is 0 Å². The molecule has 1 rings (SSSR count). The van der Waals surface area contributed by atoms with Gasteiger partial charge in [0.25, 0.3) is 0 Å². The lowest BCUT2D eigenvalue weighted by Crippen LogP contribution is -2.41. The van der Waals surface area contributed by atoms with Crippen LogP contribution in [-0.2, 0) is 14.3 Å². The molecule has 1 amide bonds. The number of carbonyl (C=O) groups excluding carboxylic acids is 1. The van der Waals surface area contributed by atoms with Crippen molar-refractivity contribution in [2.24, 2.45) is 5.73 Å². The Morgan fingerprint density at radius 2 is 2.18 bits per heavy atom. The van der Waals surface area contributed by atoms with Gasteiger partial charge in [-0.15, -0.1) is 0 Å². The van der Waals surface area contributed by atoms with Crippen molar-refractivity contribution >= 4 is 5.91 Å². The largest absolute Gasteiger partial charge is 0.385 e. The lowest BCUT2D eigenvalue weighted by molar-refractivity contribution is -0.128. The van der Waals surface area contributed by atoms with E-state index in [9.17, 15) is 4.79 Å². The zero-order valence-electron chi connectivity index (χ0n) is 10.6. The maximum atomic E-state index is 11.4. The van der Waals surface area contributed by atoms with Gasteiger partial charge in [0.05, 0.1) is 6.10 Å². The molecular formula is C12H24N2O3. The molecule has 1 aliphatic rings. The Bertz CT molecular complexity index is 224. The van der Waals surface area contributed by atoms with Gasteiger partial charge in [-0.05, 0) is 19.3 Å². The highest BCUT2D eigenvalue weighted by molar-refractivity contribution is 5.77. The first-order valence-electron chi connectivity index (χ1n) is 6.37. The molecule has 1 aliphatic carbocycles. The van der Waals surface area contributed by atoms with E-state index in [0.717, 1.165) is 25.7 Å². The van der Waals surface area contributed by atoms with E-state index in [2.05, 4.69) is 5.32 Å². The fourth-order valence-electron chi connectivity index (χ4n) is 2.01. The number of amides is 1. The van der Waals surface area contributed by atoms with Crippen molar-refractivity contribution in [1.29, 1.82) is 0 Å². The second-order valence-corrected chi connectivity index (χ2v) is 4.49. The van der Waals surface area contributed by atoms with E-state index >= 15 is 0 Å². The lowest BCUT2D eigenvalue weighted by Gasteiger charge is -2.28. The number of hydrogen-bond acceptors (Lipinski definition) is 4. The van der Waals surface area contributed by atoms with Crippen LogP contribution in [0.3, 0.4) is 0 Å². The molecule has 0 aliphatic heterocycles. The molecule has 0 heterocycles. The van der Waals surface area contributed by atoms with E-state index in [1.165, 1.54) is 6.42 Å². The number of methoxy groups -OCH3 is 1. The molecule has 3 N–H and O–H groups in total. The minimum Gasteiger partial charge on any atom is -0.385 e. The summed E-state index contributed by atoms with van der Waals surface area (Å²) in [6.45, 7) is 1.41. The summed E-state index contributed by atoms with van der Waals surface area (Å²) in [4.78, 5) is 11.4. The van der Waals surface area contributed by atoms with Crippen LogP contribution in [0, 0.1) is 0 Å². The van der Waals surface area contributed by atoms with Crippen molar-refractivity contribution in [2.45, 2.75) is 44.2 Å². The summed E-state index contributed by atoms with van der Waals surface area (Å²) < 4.78 is 10.4. The molecule has 0 radical (unpaired) electrons. The predicted molar refractivity (Wildman–Crippen MR) is 65.7 cm³/mol. The van der Waals surface area contributed by atoms with Crippen LogP contribution in [-0.4, -0.2) is 44.9 Å². The van der Waals surface area contributed by atoms with E-state index in [0.29, 0.717) is 13.2 Å². The number of carbonyl (C=O) groups is 1. The SMILES string of the molecule is COCCCNC(=O)COC1CCCCC1N. The van der Waals surface area contributed by atoms with Crippen molar-refractivity contribution in [3.05, 3.63) is 0 Å². The Balaban J connectivity index is 2.06. The second kappa shape index (κ2) is 8.44. The smallest absolute Gasteiger partial charge is 0.246 e. The predicted octanol–water partition coefficient (Wildman–Crippen LogP) is 0.426. The molecule has 0 aromatic heterocycles. The monoisotopic (exact) mass is 244 g/mol. The van der Waals surface area contributed by atoms with Gasteiger partial charge in [-0.25, -0.2) is 0 Å². The average molecular weight is 244 g/mol.